The van der Waals surface area contributed by atoms with Crippen LogP contribution in [-0.2, 0) is 52.7 Å². The summed E-state index contributed by atoms with van der Waals surface area (Å²) in [4.78, 5) is 142. The van der Waals surface area contributed by atoms with Gasteiger partial charge in [0.2, 0.25) is 29.5 Å². The molecule has 2 saturated heterocycles. The highest BCUT2D eigenvalue weighted by Gasteiger charge is 2.36. The van der Waals surface area contributed by atoms with Crippen LogP contribution in [0.2, 0.25) is 0 Å². The summed E-state index contributed by atoms with van der Waals surface area (Å²) in [5, 5.41) is 29.5. The summed E-state index contributed by atoms with van der Waals surface area (Å²) in [7, 11) is 0. The molecule has 0 aromatic carbocycles. The van der Waals surface area contributed by atoms with Gasteiger partial charge in [0.1, 0.15) is 5.78 Å². The predicted molar refractivity (Wildman–Crippen MR) is 228 cm³/mol. The molecule has 0 unspecified atom stereocenters. The van der Waals surface area contributed by atoms with E-state index >= 15 is 0 Å². The molecule has 0 radical (unpaired) electrons. The Morgan fingerprint density at radius 1 is 0.746 bits per heavy atom. The average molecular weight is 891 g/mol. The zero-order valence-corrected chi connectivity index (χ0v) is 37.7. The Morgan fingerprint density at radius 3 is 1.95 bits per heavy atom. The number of carbonyl (C=O) groups is 11. The number of aliphatic hydroxyl groups is 1. The molecule has 5 amide bonds. The number of ketones is 5. The van der Waals surface area contributed by atoms with Crippen LogP contribution in [0.4, 0.5) is 0 Å². The number of nitrogens with one attached hydrogen (secondary N) is 4. The molecular formula is C44H70N6O13. The molecule has 2 aliphatic rings. The number of aliphatic carboxylic acids is 1. The molecule has 0 bridgehead atoms. The Morgan fingerprint density at radius 2 is 1.38 bits per heavy atom. The number of β-amino-alcohol motifs (C(OH)–C–C–N with tert-alkyl or cyclic N) is 1. The average Bonchev–Trinajstić information content (AvgIpc) is 3.88. The number of nitrogens with two attached hydrogens (primary N) is 1. The van der Waals surface area contributed by atoms with Gasteiger partial charge in [-0.25, -0.2) is 0 Å². The third kappa shape index (κ3) is 19.6. The lowest BCUT2D eigenvalue weighted by Crippen LogP contribution is -2.45. The van der Waals surface area contributed by atoms with Gasteiger partial charge >= 0.3 is 5.97 Å². The smallest absolute Gasteiger partial charge is 0.306 e. The molecule has 63 heavy (non-hydrogen) atoms. The number of amides is 5. The molecule has 2 heterocycles. The van der Waals surface area contributed by atoms with Gasteiger partial charge in [-0.05, 0) is 57.3 Å². The molecule has 19 heteroatoms. The van der Waals surface area contributed by atoms with Crippen molar-refractivity contribution in [2.24, 2.45) is 35.3 Å². The predicted octanol–water partition coefficient (Wildman–Crippen LogP) is 0.693. The maximum absolute atomic E-state index is 13.6. The first-order valence-corrected chi connectivity index (χ1v) is 22.2. The lowest BCUT2D eigenvalue weighted by molar-refractivity contribution is -0.144. The SMILES string of the molecule is CC(C)C[C@H](CC(=O)[C@H](CCC(N)=O)NC(=O)CCC(=O)[C@@H]1C[C@@H](O)CN1)C(=O)NCC(=O)C[C@@H](CC(C)C)C(=O)N[C@@H](C)C(=O)CCC(=O)N1CCC[C@H]1C(=O)C[C@@H](C)C(=O)O. The zero-order chi connectivity index (χ0) is 47.6. The first kappa shape index (κ1) is 54.2. The first-order valence-electron chi connectivity index (χ1n) is 22.2. The van der Waals surface area contributed by atoms with E-state index in [1.54, 1.807) is 0 Å². The number of nitrogens with zero attached hydrogens (tertiary/aromatic N) is 1. The quantitative estimate of drug-likeness (QED) is 0.0523. The van der Waals surface area contributed by atoms with E-state index in [0.29, 0.717) is 19.4 Å². The number of hydrogen-bond acceptors (Lipinski definition) is 13. The van der Waals surface area contributed by atoms with E-state index in [2.05, 4.69) is 21.3 Å². The fourth-order valence-electron chi connectivity index (χ4n) is 7.93. The summed E-state index contributed by atoms with van der Waals surface area (Å²) in [5.74, 6) is -8.77. The van der Waals surface area contributed by atoms with E-state index in [0.717, 1.165) is 0 Å². The second-order valence-corrected chi connectivity index (χ2v) is 18.1. The van der Waals surface area contributed by atoms with Gasteiger partial charge in [-0.3, -0.25) is 52.7 Å². The van der Waals surface area contributed by atoms with Crippen LogP contribution in [0.3, 0.4) is 0 Å². The van der Waals surface area contributed by atoms with Crippen LogP contribution in [0.25, 0.3) is 0 Å². The highest BCUT2D eigenvalue weighted by molar-refractivity contribution is 5.97. The lowest BCUT2D eigenvalue weighted by atomic mass is 9.88. The Kier molecular flexibility index (Phi) is 22.9. The van der Waals surface area contributed by atoms with Crippen molar-refractivity contribution in [3.05, 3.63) is 0 Å². The standard InChI is InChI=1S/C44H70N6O13/c1-24(2)16-28(43(61)48-27(6)35(53)11-14-41(59)50-15-7-8-34(50)38(56)18-26(5)44(62)63)19-30(51)23-47-42(60)29(17-25(3)4)20-37(55)32(9-12-39(45)57)49-40(58)13-10-36(54)33-21-31(52)22-46-33/h24-29,31-34,46,52H,7-23H2,1-6H3,(H2,45,57)(H,47,60)(H,48,61)(H,49,58)(H,62,63)/t26-,27+,28-,29-,31-,32+,33+,34+/m1/s1. The molecule has 0 spiro atoms. The van der Waals surface area contributed by atoms with E-state index in [1.165, 1.54) is 18.7 Å². The molecule has 0 aromatic heterocycles. The maximum atomic E-state index is 13.6. The molecule has 0 saturated carbocycles. The number of rotatable bonds is 30. The topological polar surface area (TPSA) is 306 Å². The van der Waals surface area contributed by atoms with Gasteiger partial charge in [-0.15, -0.1) is 0 Å². The molecule has 0 aromatic rings. The van der Waals surface area contributed by atoms with Crippen molar-refractivity contribution < 1.29 is 63.0 Å². The van der Waals surface area contributed by atoms with Gasteiger partial charge in [0.05, 0.1) is 42.7 Å². The minimum absolute atomic E-state index is 0.0235. The van der Waals surface area contributed by atoms with Crippen molar-refractivity contribution in [2.75, 3.05) is 19.6 Å². The number of likely N-dealkylation sites (tertiary alicyclic amines) is 1. The third-order valence-electron chi connectivity index (χ3n) is 11.4. The van der Waals surface area contributed by atoms with Crippen LogP contribution in [0.5, 0.6) is 0 Å². The summed E-state index contributed by atoms with van der Waals surface area (Å²) >= 11 is 0. The number of primary amides is 1. The molecule has 0 aliphatic carbocycles. The fraction of sp³-hybridized carbons (Fsp3) is 0.750. The number of hydrogen-bond donors (Lipinski definition) is 7. The van der Waals surface area contributed by atoms with Crippen molar-refractivity contribution in [3.63, 3.8) is 0 Å². The lowest BCUT2D eigenvalue weighted by Gasteiger charge is -2.25. The van der Waals surface area contributed by atoms with Crippen LogP contribution in [0.1, 0.15) is 131 Å². The number of aliphatic hydroxyl groups excluding tert-OH is 1. The van der Waals surface area contributed by atoms with Gasteiger partial charge < -0.3 is 42.1 Å². The van der Waals surface area contributed by atoms with Crippen LogP contribution in [0, 0.1) is 29.6 Å². The van der Waals surface area contributed by atoms with Crippen molar-refractivity contribution >= 4 is 64.4 Å². The summed E-state index contributed by atoms with van der Waals surface area (Å²) in [6.45, 7) is 10.4. The Balaban J connectivity index is 1.98. The second-order valence-electron chi connectivity index (χ2n) is 18.1. The highest BCUT2D eigenvalue weighted by Crippen LogP contribution is 2.23. The molecule has 2 rings (SSSR count). The van der Waals surface area contributed by atoms with Gasteiger partial charge in [0, 0.05) is 76.3 Å². The number of Topliss-reactive ketones (excluding diaryl/α,β-unsaturated/α-hetero) is 5. The number of carboxylic acid groups (broad SMARTS) is 1. The van der Waals surface area contributed by atoms with Crippen LogP contribution >= 0.6 is 0 Å². The monoisotopic (exact) mass is 891 g/mol. The van der Waals surface area contributed by atoms with Gasteiger partial charge in [0.15, 0.2) is 23.1 Å². The first-order chi connectivity index (χ1) is 29.5. The van der Waals surface area contributed by atoms with Crippen molar-refractivity contribution in [2.45, 2.75) is 162 Å². The van der Waals surface area contributed by atoms with Crippen molar-refractivity contribution in [3.8, 4) is 0 Å². The third-order valence-corrected chi connectivity index (χ3v) is 11.4. The Bertz CT molecular complexity index is 1680. The minimum Gasteiger partial charge on any atom is -0.481 e. The number of carbonyl (C=O) groups excluding carboxylic acids is 10. The van der Waals surface area contributed by atoms with Crippen molar-refractivity contribution in [1.82, 2.24) is 26.2 Å². The van der Waals surface area contributed by atoms with E-state index < -0.39 is 107 Å². The molecule has 8 N–H and O–H groups in total. The van der Waals surface area contributed by atoms with Crippen LogP contribution in [-0.4, -0.2) is 129 Å². The van der Waals surface area contributed by atoms with Gasteiger partial charge in [0.25, 0.3) is 0 Å². The largest absolute Gasteiger partial charge is 0.481 e. The van der Waals surface area contributed by atoms with E-state index in [9.17, 15) is 57.8 Å². The molecule has 8 atom stereocenters. The van der Waals surface area contributed by atoms with Crippen LogP contribution in [0.15, 0.2) is 0 Å². The molecule has 2 fully saturated rings. The molecular weight excluding hydrogens is 821 g/mol. The summed E-state index contributed by atoms with van der Waals surface area (Å²) < 4.78 is 0. The summed E-state index contributed by atoms with van der Waals surface area (Å²) in [5.41, 5.74) is 5.32. The minimum atomic E-state index is -1.17. The van der Waals surface area contributed by atoms with Gasteiger partial charge in [-0.1, -0.05) is 34.6 Å². The van der Waals surface area contributed by atoms with E-state index in [-0.39, 0.29) is 107 Å². The normalized spacial score (nSPS) is 19.7. The summed E-state index contributed by atoms with van der Waals surface area (Å²) in [6.07, 6.45) is -0.847. The number of carboxylic acids is 1. The molecule has 19 nitrogen and oxygen atoms in total. The maximum Gasteiger partial charge on any atom is 0.306 e. The second kappa shape index (κ2) is 26.7. The fourth-order valence-corrected chi connectivity index (χ4v) is 7.93. The van der Waals surface area contributed by atoms with Gasteiger partial charge in [-0.2, -0.15) is 0 Å². The molecule has 354 valence electrons. The molecule has 2 aliphatic heterocycles. The zero-order valence-electron chi connectivity index (χ0n) is 37.7. The van der Waals surface area contributed by atoms with Crippen molar-refractivity contribution in [1.29, 1.82) is 0 Å². The Hall–Kier alpha value is -4.91. The Labute approximate surface area is 369 Å². The highest BCUT2D eigenvalue weighted by atomic mass is 16.4. The van der Waals surface area contributed by atoms with E-state index in [4.69, 9.17) is 10.8 Å². The van der Waals surface area contributed by atoms with E-state index in [1.807, 2.05) is 27.7 Å². The summed E-state index contributed by atoms with van der Waals surface area (Å²) in [6, 6.07) is -3.49. The van der Waals surface area contributed by atoms with Crippen LogP contribution < -0.4 is 27.0 Å².